The van der Waals surface area contributed by atoms with E-state index in [4.69, 9.17) is 5.11 Å². The van der Waals surface area contributed by atoms with Crippen LogP contribution in [0.25, 0.3) is 0 Å². The van der Waals surface area contributed by atoms with E-state index >= 15 is 0 Å². The Labute approximate surface area is 146 Å². The number of carbonyl (C=O) groups is 2. The molecule has 2 amide bonds. The van der Waals surface area contributed by atoms with Crippen molar-refractivity contribution in [1.29, 1.82) is 0 Å². The minimum atomic E-state index is -0.799. The Morgan fingerprint density at radius 1 is 1.21 bits per heavy atom. The Hall–Kier alpha value is -1.30. The van der Waals surface area contributed by atoms with Gasteiger partial charge in [0, 0.05) is 25.7 Å². The molecule has 0 aromatic carbocycles. The second-order valence-corrected chi connectivity index (χ2v) is 8.13. The first-order valence-corrected chi connectivity index (χ1v) is 9.14. The van der Waals surface area contributed by atoms with E-state index in [0.29, 0.717) is 12.0 Å². The minimum Gasteiger partial charge on any atom is -0.480 e. The molecular formula is C18H35N3O3. The molecule has 140 valence electrons. The number of urea groups is 1. The van der Waals surface area contributed by atoms with Crippen molar-refractivity contribution in [1.82, 2.24) is 15.1 Å². The minimum absolute atomic E-state index is 0.0206. The summed E-state index contributed by atoms with van der Waals surface area (Å²) in [5.41, 5.74) is 0.353. The maximum atomic E-state index is 12.3. The molecule has 6 nitrogen and oxygen atoms in total. The van der Waals surface area contributed by atoms with Crippen LogP contribution in [0.3, 0.4) is 0 Å². The van der Waals surface area contributed by atoms with E-state index in [1.807, 2.05) is 16.8 Å². The van der Waals surface area contributed by atoms with Gasteiger partial charge in [-0.25, -0.2) is 4.79 Å². The first kappa shape index (κ1) is 20.7. The summed E-state index contributed by atoms with van der Waals surface area (Å²) in [5, 5.41) is 11.9. The van der Waals surface area contributed by atoms with Gasteiger partial charge in [0.05, 0.1) is 6.54 Å². The van der Waals surface area contributed by atoms with Gasteiger partial charge >= 0.3 is 12.0 Å². The standard InChI is InChI=1S/C18H35N3O3/c1-18(2,3)10-5-6-11-19-17(24)21-12-7-8-15(9-13-21)20(4)14-16(22)23/h15H,5-14H2,1-4H3,(H,19,24)(H,22,23). The molecule has 1 fully saturated rings. The van der Waals surface area contributed by atoms with Crippen molar-refractivity contribution in [3.8, 4) is 0 Å². The zero-order chi connectivity index (χ0) is 18.2. The number of rotatable bonds is 7. The summed E-state index contributed by atoms with van der Waals surface area (Å²) in [6, 6.07) is 0.262. The zero-order valence-electron chi connectivity index (χ0n) is 15.8. The lowest BCUT2D eigenvalue weighted by Gasteiger charge is -2.25. The van der Waals surface area contributed by atoms with Crippen LogP contribution in [0.5, 0.6) is 0 Å². The molecule has 1 heterocycles. The highest BCUT2D eigenvalue weighted by atomic mass is 16.4. The van der Waals surface area contributed by atoms with E-state index in [9.17, 15) is 9.59 Å². The fourth-order valence-electron chi connectivity index (χ4n) is 3.15. The molecule has 24 heavy (non-hydrogen) atoms. The molecule has 0 spiro atoms. The first-order valence-electron chi connectivity index (χ1n) is 9.14. The van der Waals surface area contributed by atoms with E-state index in [0.717, 1.165) is 45.2 Å². The molecule has 1 rings (SSSR count). The topological polar surface area (TPSA) is 72.9 Å². The van der Waals surface area contributed by atoms with Crippen molar-refractivity contribution in [2.24, 2.45) is 5.41 Å². The third-order valence-corrected chi connectivity index (χ3v) is 4.62. The van der Waals surface area contributed by atoms with Gasteiger partial charge in [-0.15, -0.1) is 0 Å². The number of carboxylic acid groups (broad SMARTS) is 1. The van der Waals surface area contributed by atoms with Crippen molar-refractivity contribution in [2.45, 2.75) is 65.3 Å². The van der Waals surface area contributed by atoms with Gasteiger partial charge in [-0.3, -0.25) is 9.69 Å². The van der Waals surface area contributed by atoms with Crippen LogP contribution in [0.4, 0.5) is 4.79 Å². The number of nitrogens with one attached hydrogen (secondary N) is 1. The van der Waals surface area contributed by atoms with Crippen LogP contribution in [0, 0.1) is 5.41 Å². The Morgan fingerprint density at radius 3 is 2.54 bits per heavy atom. The summed E-state index contributed by atoms with van der Waals surface area (Å²) >= 11 is 0. The van der Waals surface area contributed by atoms with Gasteiger partial charge in [-0.05, 0) is 44.6 Å². The van der Waals surface area contributed by atoms with Crippen LogP contribution >= 0.6 is 0 Å². The average molecular weight is 341 g/mol. The second-order valence-electron chi connectivity index (χ2n) is 8.13. The number of amides is 2. The van der Waals surface area contributed by atoms with Gasteiger partial charge in [0.15, 0.2) is 0 Å². The Kier molecular flexibility index (Phi) is 8.53. The van der Waals surface area contributed by atoms with Crippen molar-refractivity contribution >= 4 is 12.0 Å². The van der Waals surface area contributed by atoms with Gasteiger partial charge in [-0.2, -0.15) is 0 Å². The molecule has 0 aromatic rings. The van der Waals surface area contributed by atoms with Crippen molar-refractivity contribution in [3.63, 3.8) is 0 Å². The lowest BCUT2D eigenvalue weighted by atomic mass is 9.90. The molecule has 0 radical (unpaired) electrons. The molecule has 1 aliphatic heterocycles. The number of hydrogen-bond acceptors (Lipinski definition) is 3. The van der Waals surface area contributed by atoms with Gasteiger partial charge < -0.3 is 15.3 Å². The Morgan fingerprint density at radius 2 is 1.92 bits per heavy atom. The number of carboxylic acids is 1. The largest absolute Gasteiger partial charge is 0.480 e. The van der Waals surface area contributed by atoms with Gasteiger partial charge in [0.2, 0.25) is 0 Å². The number of unbranched alkanes of at least 4 members (excludes halogenated alkanes) is 1. The van der Waals surface area contributed by atoms with E-state index in [2.05, 4.69) is 26.1 Å². The predicted molar refractivity (Wildman–Crippen MR) is 96.2 cm³/mol. The highest BCUT2D eigenvalue weighted by molar-refractivity contribution is 5.74. The Bertz CT molecular complexity index is 407. The smallest absolute Gasteiger partial charge is 0.317 e. The summed E-state index contributed by atoms with van der Waals surface area (Å²) in [4.78, 5) is 26.9. The Balaban J connectivity index is 2.28. The van der Waals surface area contributed by atoms with Gasteiger partial charge in [-0.1, -0.05) is 27.2 Å². The molecule has 2 N–H and O–H groups in total. The lowest BCUT2D eigenvalue weighted by molar-refractivity contribution is -0.138. The number of likely N-dealkylation sites (N-methyl/N-ethyl adjacent to an activating group) is 1. The second kappa shape index (κ2) is 9.87. The summed E-state index contributed by atoms with van der Waals surface area (Å²) in [6.07, 6.45) is 6.02. The highest BCUT2D eigenvalue weighted by Crippen LogP contribution is 2.21. The lowest BCUT2D eigenvalue weighted by Crippen LogP contribution is -2.42. The van der Waals surface area contributed by atoms with Crippen LogP contribution in [-0.2, 0) is 4.79 Å². The quantitative estimate of drug-likeness (QED) is 0.699. The third-order valence-electron chi connectivity index (χ3n) is 4.62. The SMILES string of the molecule is CN(CC(=O)O)C1CCCN(C(=O)NCCCCC(C)(C)C)CC1. The summed E-state index contributed by atoms with van der Waals surface area (Å²) in [6.45, 7) is 8.95. The van der Waals surface area contributed by atoms with E-state index < -0.39 is 5.97 Å². The van der Waals surface area contributed by atoms with Crippen LogP contribution in [-0.4, -0.2) is 66.2 Å². The van der Waals surface area contributed by atoms with Crippen LogP contribution in [0.2, 0.25) is 0 Å². The van der Waals surface area contributed by atoms with E-state index in [-0.39, 0.29) is 18.6 Å². The highest BCUT2D eigenvalue weighted by Gasteiger charge is 2.23. The number of carbonyl (C=O) groups excluding carboxylic acids is 1. The number of aliphatic carboxylic acids is 1. The normalized spacial score (nSPS) is 19.2. The van der Waals surface area contributed by atoms with Gasteiger partial charge in [0.1, 0.15) is 0 Å². The molecule has 0 aromatic heterocycles. The molecule has 1 saturated heterocycles. The maximum absolute atomic E-state index is 12.3. The average Bonchev–Trinajstić information content (AvgIpc) is 2.70. The van der Waals surface area contributed by atoms with Crippen molar-refractivity contribution < 1.29 is 14.7 Å². The number of likely N-dealkylation sites (tertiary alicyclic amines) is 1. The molecule has 0 bridgehead atoms. The van der Waals surface area contributed by atoms with Crippen LogP contribution < -0.4 is 5.32 Å². The molecule has 0 aliphatic carbocycles. The number of hydrogen-bond donors (Lipinski definition) is 2. The molecule has 1 aliphatic rings. The molecule has 1 atom stereocenters. The summed E-state index contributed by atoms with van der Waals surface area (Å²) in [5.74, 6) is -0.799. The molecule has 6 heteroatoms. The fraction of sp³-hybridized carbons (Fsp3) is 0.889. The van der Waals surface area contributed by atoms with E-state index in [1.54, 1.807) is 0 Å². The molecular weight excluding hydrogens is 306 g/mol. The maximum Gasteiger partial charge on any atom is 0.317 e. The van der Waals surface area contributed by atoms with Crippen LogP contribution in [0.1, 0.15) is 59.3 Å². The van der Waals surface area contributed by atoms with Crippen molar-refractivity contribution in [2.75, 3.05) is 33.2 Å². The third kappa shape index (κ3) is 8.52. The first-order chi connectivity index (χ1) is 11.2. The predicted octanol–water partition coefficient (Wildman–Crippen LogP) is 2.78. The van der Waals surface area contributed by atoms with E-state index in [1.165, 1.54) is 6.42 Å². The number of nitrogens with zero attached hydrogens (tertiary/aromatic N) is 2. The van der Waals surface area contributed by atoms with Gasteiger partial charge in [0.25, 0.3) is 0 Å². The molecule has 0 saturated carbocycles. The molecule has 1 unspecified atom stereocenters. The van der Waals surface area contributed by atoms with Crippen LogP contribution in [0.15, 0.2) is 0 Å². The fourth-order valence-corrected chi connectivity index (χ4v) is 3.15. The summed E-state index contributed by atoms with van der Waals surface area (Å²) in [7, 11) is 1.85. The van der Waals surface area contributed by atoms with Crippen molar-refractivity contribution in [3.05, 3.63) is 0 Å². The summed E-state index contributed by atoms with van der Waals surface area (Å²) < 4.78 is 0. The monoisotopic (exact) mass is 341 g/mol. The zero-order valence-corrected chi connectivity index (χ0v) is 15.8.